The van der Waals surface area contributed by atoms with Crippen LogP contribution in [0.5, 0.6) is 0 Å². The molecule has 146 valence electrons. The highest BCUT2D eigenvalue weighted by Gasteiger charge is 2.48. The second kappa shape index (κ2) is 7.31. The molecule has 0 aromatic carbocycles. The van der Waals surface area contributed by atoms with E-state index in [0.29, 0.717) is 24.4 Å². The third-order valence-electron chi connectivity index (χ3n) is 5.02. The largest absolute Gasteiger partial charge is 0.543 e. The molecule has 0 saturated heterocycles. The van der Waals surface area contributed by atoms with Gasteiger partial charge in [-0.3, -0.25) is 9.59 Å². The summed E-state index contributed by atoms with van der Waals surface area (Å²) < 4.78 is 3.78. The van der Waals surface area contributed by atoms with E-state index in [1.54, 1.807) is 19.6 Å². The first-order valence-electron chi connectivity index (χ1n) is 8.42. The van der Waals surface area contributed by atoms with Gasteiger partial charge in [0, 0.05) is 10.8 Å². The number of carbonyl (C=O) groups excluding carboxylic acids is 2. The molecule has 2 aliphatic rings. The van der Waals surface area contributed by atoms with Crippen LogP contribution in [0.2, 0.25) is 0 Å². The maximum atomic E-state index is 11.8. The molecule has 1 aromatic rings. The maximum absolute atomic E-state index is 11.8. The summed E-state index contributed by atoms with van der Waals surface area (Å²) >= 11 is 1.30. The third kappa shape index (κ3) is 3.32. The van der Waals surface area contributed by atoms with Gasteiger partial charge in [-0.1, -0.05) is 6.92 Å². The smallest absolute Gasteiger partial charge is 0.311 e. The first kappa shape index (κ1) is 19.4. The number of amides is 1. The van der Waals surface area contributed by atoms with Gasteiger partial charge in [0.25, 0.3) is 0 Å². The number of hydrogen-bond donors (Lipinski definition) is 2. The van der Waals surface area contributed by atoms with E-state index in [1.807, 2.05) is 9.36 Å². The number of carboxylic acids is 2. The van der Waals surface area contributed by atoms with Crippen molar-refractivity contribution in [3.05, 3.63) is 23.3 Å². The number of rotatable bonds is 7. The summed E-state index contributed by atoms with van der Waals surface area (Å²) in [6, 6.07) is -1.01. The second-order valence-electron chi connectivity index (χ2n) is 6.76. The van der Waals surface area contributed by atoms with Crippen LogP contribution in [0.15, 0.2) is 23.3 Å². The SMILES string of the molecule is C[C@@H](O)C(C(=O)O)C1[C@@H](C)C(SC2Cn3cnc[n+]3C2)=C(C(=O)[O-])N1C=O. The van der Waals surface area contributed by atoms with Crippen LogP contribution in [0.1, 0.15) is 13.8 Å². The predicted octanol–water partition coefficient (Wildman–Crippen LogP) is -2.19. The normalized spacial score (nSPS) is 26.8. The zero-order valence-corrected chi connectivity index (χ0v) is 15.6. The molecule has 0 spiro atoms. The number of nitrogens with zero attached hydrogens (tertiary/aromatic N) is 4. The van der Waals surface area contributed by atoms with Crippen LogP contribution in [0.4, 0.5) is 0 Å². The first-order valence-corrected chi connectivity index (χ1v) is 9.30. The van der Waals surface area contributed by atoms with E-state index in [9.17, 15) is 29.7 Å². The summed E-state index contributed by atoms with van der Waals surface area (Å²) in [7, 11) is 0. The molecule has 0 aliphatic carbocycles. The average molecular weight is 396 g/mol. The Kier molecular flexibility index (Phi) is 5.24. The fraction of sp³-hybridized carbons (Fsp3) is 0.562. The van der Waals surface area contributed by atoms with E-state index in [1.165, 1.54) is 18.7 Å². The van der Waals surface area contributed by atoms with Crippen LogP contribution in [-0.2, 0) is 27.5 Å². The van der Waals surface area contributed by atoms with Crippen LogP contribution < -0.4 is 9.79 Å². The molecule has 2 N–H and O–H groups in total. The molecule has 3 rings (SSSR count). The van der Waals surface area contributed by atoms with Gasteiger partial charge in [-0.05, 0) is 11.9 Å². The molecule has 27 heavy (non-hydrogen) atoms. The van der Waals surface area contributed by atoms with Gasteiger partial charge in [-0.15, -0.1) is 11.8 Å². The number of carboxylic acid groups (broad SMARTS) is 2. The Labute approximate surface area is 159 Å². The molecule has 2 unspecified atom stereocenters. The van der Waals surface area contributed by atoms with Gasteiger partial charge in [-0.2, -0.15) is 9.36 Å². The Bertz CT molecular complexity index is 786. The molecule has 4 atom stereocenters. The Morgan fingerprint density at radius 1 is 1.52 bits per heavy atom. The Hall–Kier alpha value is -2.40. The van der Waals surface area contributed by atoms with Gasteiger partial charge in [-0.25, -0.2) is 0 Å². The number of hydrogen-bond acceptors (Lipinski definition) is 7. The molecule has 10 nitrogen and oxygen atoms in total. The predicted molar refractivity (Wildman–Crippen MR) is 89.5 cm³/mol. The highest BCUT2D eigenvalue weighted by Crippen LogP contribution is 2.45. The maximum Gasteiger partial charge on any atom is 0.311 e. The molecule has 1 amide bonds. The van der Waals surface area contributed by atoms with Crippen molar-refractivity contribution in [2.75, 3.05) is 0 Å². The lowest BCUT2D eigenvalue weighted by atomic mass is 9.87. The lowest BCUT2D eigenvalue weighted by Gasteiger charge is -2.32. The van der Waals surface area contributed by atoms with E-state index in [2.05, 4.69) is 4.98 Å². The van der Waals surface area contributed by atoms with Crippen molar-refractivity contribution in [3.63, 3.8) is 0 Å². The molecule has 0 fully saturated rings. The van der Waals surface area contributed by atoms with Crippen LogP contribution >= 0.6 is 11.8 Å². The number of thioether (sulfide) groups is 1. The van der Waals surface area contributed by atoms with Gasteiger partial charge in [0.15, 0.2) is 0 Å². The van der Waals surface area contributed by atoms with Crippen molar-refractivity contribution in [3.8, 4) is 0 Å². The Morgan fingerprint density at radius 3 is 2.74 bits per heavy atom. The van der Waals surface area contributed by atoms with Crippen molar-refractivity contribution in [2.45, 2.75) is 44.3 Å². The van der Waals surface area contributed by atoms with Crippen LogP contribution in [-0.4, -0.2) is 60.5 Å². The topological polar surface area (TPSA) is 140 Å². The summed E-state index contributed by atoms with van der Waals surface area (Å²) in [4.78, 5) is 40.4. The number of aliphatic carboxylic acids is 2. The summed E-state index contributed by atoms with van der Waals surface area (Å²) in [6.45, 7) is 4.19. The van der Waals surface area contributed by atoms with Gasteiger partial charge in [0.2, 0.25) is 12.7 Å². The zero-order chi connectivity index (χ0) is 19.9. The summed E-state index contributed by atoms with van der Waals surface area (Å²) in [5, 5.41) is 31.2. The van der Waals surface area contributed by atoms with Crippen molar-refractivity contribution in [1.82, 2.24) is 14.6 Å². The van der Waals surface area contributed by atoms with Crippen LogP contribution in [0.25, 0.3) is 0 Å². The number of carbonyl (C=O) groups is 3. The second-order valence-corrected chi connectivity index (χ2v) is 8.10. The van der Waals surface area contributed by atoms with Gasteiger partial charge >= 0.3 is 12.3 Å². The minimum absolute atomic E-state index is 0.00174. The molecule has 3 heterocycles. The van der Waals surface area contributed by atoms with E-state index in [0.717, 1.165) is 4.90 Å². The molecule has 11 heteroatoms. The fourth-order valence-corrected chi connectivity index (χ4v) is 5.32. The Morgan fingerprint density at radius 2 is 2.22 bits per heavy atom. The van der Waals surface area contributed by atoms with Crippen molar-refractivity contribution in [2.24, 2.45) is 11.8 Å². The molecule has 0 saturated carbocycles. The van der Waals surface area contributed by atoms with Gasteiger partial charge in [0.05, 0.1) is 35.6 Å². The summed E-state index contributed by atoms with van der Waals surface area (Å²) in [5.41, 5.74) is -0.320. The van der Waals surface area contributed by atoms with Crippen molar-refractivity contribution >= 4 is 30.1 Å². The molecule has 0 bridgehead atoms. The number of fused-ring (bicyclic) bond motifs is 1. The van der Waals surface area contributed by atoms with E-state index < -0.39 is 35.9 Å². The molecular formula is C16H20N4O6S. The molecule has 0 radical (unpaired) electrons. The van der Waals surface area contributed by atoms with E-state index in [-0.39, 0.29) is 10.9 Å². The first-order chi connectivity index (χ1) is 12.8. The number of aliphatic hydroxyl groups is 1. The lowest BCUT2D eigenvalue weighted by Crippen LogP contribution is -2.48. The molecule has 2 aliphatic heterocycles. The Balaban J connectivity index is 1.93. The van der Waals surface area contributed by atoms with Crippen molar-refractivity contribution < 1.29 is 34.4 Å². The zero-order valence-electron chi connectivity index (χ0n) is 14.8. The van der Waals surface area contributed by atoms with Crippen molar-refractivity contribution in [1.29, 1.82) is 0 Å². The average Bonchev–Trinajstić information content (AvgIpc) is 3.22. The fourth-order valence-electron chi connectivity index (χ4n) is 3.85. The number of aromatic nitrogens is 3. The highest BCUT2D eigenvalue weighted by molar-refractivity contribution is 8.03. The highest BCUT2D eigenvalue weighted by atomic mass is 32.2. The lowest BCUT2D eigenvalue weighted by molar-refractivity contribution is -0.758. The third-order valence-corrected chi connectivity index (χ3v) is 6.47. The standard InChI is InChI=1S/C16H20N4O6S/c1-8-12(11(9(2)22)15(23)24)20(7-21)13(16(25)26)14(8)27-10-3-18-5-17-6-19(18)4-10/h5-12,22H,3-4H2,1-2H3,(H-,23,24,25,26)/t8-,9-,11?,12?/m1/s1. The minimum atomic E-state index is -1.54. The summed E-state index contributed by atoms with van der Waals surface area (Å²) in [6.07, 6.45) is 2.37. The quantitative estimate of drug-likeness (QED) is 0.391. The molecular weight excluding hydrogens is 376 g/mol. The minimum Gasteiger partial charge on any atom is -0.543 e. The van der Waals surface area contributed by atoms with E-state index >= 15 is 0 Å². The van der Waals surface area contributed by atoms with Gasteiger partial charge < -0.3 is 25.0 Å². The van der Waals surface area contributed by atoms with Gasteiger partial charge in [0.1, 0.15) is 12.5 Å². The summed E-state index contributed by atoms with van der Waals surface area (Å²) in [5.74, 6) is -4.74. The van der Waals surface area contributed by atoms with Crippen LogP contribution in [0, 0.1) is 11.8 Å². The number of aliphatic hydroxyl groups excluding tert-OH is 1. The van der Waals surface area contributed by atoms with Crippen LogP contribution in [0.3, 0.4) is 0 Å². The molecule has 1 aromatic heterocycles. The van der Waals surface area contributed by atoms with E-state index in [4.69, 9.17) is 0 Å². The monoisotopic (exact) mass is 396 g/mol.